The van der Waals surface area contributed by atoms with E-state index in [-0.39, 0.29) is 17.2 Å². The summed E-state index contributed by atoms with van der Waals surface area (Å²) in [6.45, 7) is 1.95. The van der Waals surface area contributed by atoms with Gasteiger partial charge in [0.25, 0.3) is 11.6 Å². The summed E-state index contributed by atoms with van der Waals surface area (Å²) in [7, 11) is 0. The lowest BCUT2D eigenvalue weighted by atomic mass is 10.0. The Kier molecular flexibility index (Phi) is 6.22. The van der Waals surface area contributed by atoms with Crippen LogP contribution in [0.1, 0.15) is 28.8 Å². The first-order valence-electron chi connectivity index (χ1n) is 7.70. The fourth-order valence-electron chi connectivity index (χ4n) is 2.18. The Morgan fingerprint density at radius 1 is 1.16 bits per heavy atom. The summed E-state index contributed by atoms with van der Waals surface area (Å²) < 4.78 is 4.89. The molecule has 0 bridgehead atoms. The molecular formula is C18H18N2O5. The molecule has 0 heterocycles. The van der Waals surface area contributed by atoms with Crippen LogP contribution in [0.25, 0.3) is 0 Å². The summed E-state index contributed by atoms with van der Waals surface area (Å²) in [5.74, 6) is -1.09. The summed E-state index contributed by atoms with van der Waals surface area (Å²) in [6, 6.07) is 14.9. The Labute approximate surface area is 144 Å². The number of amides is 1. The van der Waals surface area contributed by atoms with Crippen LogP contribution < -0.4 is 5.32 Å². The summed E-state index contributed by atoms with van der Waals surface area (Å²) >= 11 is 0. The second-order valence-corrected chi connectivity index (χ2v) is 5.50. The lowest BCUT2D eigenvalue weighted by Gasteiger charge is -2.13. The van der Waals surface area contributed by atoms with Crippen LogP contribution in [-0.4, -0.2) is 30.0 Å². The average molecular weight is 342 g/mol. The van der Waals surface area contributed by atoms with E-state index in [4.69, 9.17) is 4.74 Å². The minimum Gasteiger partial charge on any atom is -0.452 e. The van der Waals surface area contributed by atoms with Crippen molar-refractivity contribution in [2.75, 3.05) is 13.2 Å². The number of esters is 1. The number of hydrogen-bond acceptors (Lipinski definition) is 5. The molecule has 0 fully saturated rings. The molecule has 0 saturated heterocycles. The Bertz CT molecular complexity index is 761. The third-order valence-electron chi connectivity index (χ3n) is 3.60. The zero-order valence-corrected chi connectivity index (χ0v) is 13.7. The van der Waals surface area contributed by atoms with E-state index >= 15 is 0 Å². The maximum atomic E-state index is 11.9. The number of non-ortho nitro benzene ring substituents is 1. The first-order chi connectivity index (χ1) is 12.0. The number of nitrogens with zero attached hydrogens (tertiary/aromatic N) is 1. The summed E-state index contributed by atoms with van der Waals surface area (Å²) in [4.78, 5) is 33.7. The monoisotopic (exact) mass is 342 g/mol. The van der Waals surface area contributed by atoms with Crippen molar-refractivity contribution in [3.63, 3.8) is 0 Å². The van der Waals surface area contributed by atoms with Gasteiger partial charge in [-0.15, -0.1) is 0 Å². The van der Waals surface area contributed by atoms with Gasteiger partial charge in [0.2, 0.25) is 0 Å². The van der Waals surface area contributed by atoms with Crippen LogP contribution in [-0.2, 0) is 9.53 Å². The molecule has 0 aliphatic rings. The van der Waals surface area contributed by atoms with Crippen LogP contribution in [0.15, 0.2) is 54.6 Å². The molecule has 0 saturated carbocycles. The highest BCUT2D eigenvalue weighted by atomic mass is 16.6. The van der Waals surface area contributed by atoms with E-state index in [1.165, 1.54) is 18.2 Å². The molecule has 25 heavy (non-hydrogen) atoms. The van der Waals surface area contributed by atoms with E-state index in [9.17, 15) is 19.7 Å². The lowest BCUT2D eigenvalue weighted by Crippen LogP contribution is -2.31. The van der Waals surface area contributed by atoms with Crippen LogP contribution in [0.5, 0.6) is 0 Å². The number of carbonyl (C=O) groups excluding carboxylic acids is 2. The van der Waals surface area contributed by atoms with Crippen molar-refractivity contribution < 1.29 is 19.2 Å². The minimum atomic E-state index is -0.782. The van der Waals surface area contributed by atoms with E-state index in [0.29, 0.717) is 6.54 Å². The fourth-order valence-corrected chi connectivity index (χ4v) is 2.18. The molecule has 0 unspecified atom stereocenters. The third-order valence-corrected chi connectivity index (χ3v) is 3.60. The van der Waals surface area contributed by atoms with Gasteiger partial charge >= 0.3 is 5.97 Å². The number of benzene rings is 2. The third kappa shape index (κ3) is 5.42. The number of rotatable bonds is 7. The Morgan fingerprint density at radius 3 is 2.56 bits per heavy atom. The highest BCUT2D eigenvalue weighted by Crippen LogP contribution is 2.14. The van der Waals surface area contributed by atoms with Crippen molar-refractivity contribution in [2.45, 2.75) is 12.8 Å². The maximum absolute atomic E-state index is 11.9. The van der Waals surface area contributed by atoms with E-state index < -0.39 is 23.4 Å². The second-order valence-electron chi connectivity index (χ2n) is 5.50. The van der Waals surface area contributed by atoms with Crippen LogP contribution in [0.2, 0.25) is 0 Å². The zero-order valence-electron chi connectivity index (χ0n) is 13.7. The highest BCUT2D eigenvalue weighted by Gasteiger charge is 2.14. The van der Waals surface area contributed by atoms with Crippen molar-refractivity contribution in [2.24, 2.45) is 0 Å². The highest BCUT2D eigenvalue weighted by molar-refractivity contribution is 5.91. The van der Waals surface area contributed by atoms with Crippen molar-refractivity contribution in [3.05, 3.63) is 75.8 Å². The number of carbonyl (C=O) groups is 2. The van der Waals surface area contributed by atoms with Gasteiger partial charge in [0, 0.05) is 18.7 Å². The smallest absolute Gasteiger partial charge is 0.338 e. The number of nitrogens with one attached hydrogen (secondary N) is 1. The SMILES string of the molecule is C[C@H](CNC(=O)COC(=O)c1cccc([N+](=O)[O-])c1)c1ccccc1. The molecule has 1 atom stereocenters. The standard InChI is InChI=1S/C18H18N2O5/c1-13(14-6-3-2-4-7-14)11-19-17(21)12-25-18(22)15-8-5-9-16(10-15)20(23)24/h2-10,13H,11-12H2,1H3,(H,19,21)/t13-/m1/s1. The predicted octanol–water partition coefficient (Wildman–Crippen LogP) is 2.67. The van der Waals surface area contributed by atoms with Gasteiger partial charge in [-0.3, -0.25) is 14.9 Å². The first-order valence-corrected chi connectivity index (χ1v) is 7.70. The predicted molar refractivity (Wildman–Crippen MR) is 91.2 cm³/mol. The van der Waals surface area contributed by atoms with Crippen molar-refractivity contribution in [1.29, 1.82) is 0 Å². The van der Waals surface area contributed by atoms with E-state index in [0.717, 1.165) is 11.6 Å². The minimum absolute atomic E-state index is 0.0275. The molecule has 0 aromatic heterocycles. The second kappa shape index (κ2) is 8.58. The molecule has 130 valence electrons. The topological polar surface area (TPSA) is 98.5 Å². The molecule has 2 aromatic rings. The molecule has 7 heteroatoms. The summed E-state index contributed by atoms with van der Waals surface area (Å²) in [5.41, 5.74) is 0.909. The fraction of sp³-hybridized carbons (Fsp3) is 0.222. The van der Waals surface area contributed by atoms with Crippen molar-refractivity contribution >= 4 is 17.6 Å². The Hall–Kier alpha value is -3.22. The van der Waals surface area contributed by atoms with Crippen LogP contribution >= 0.6 is 0 Å². The van der Waals surface area contributed by atoms with Crippen LogP contribution in [0.3, 0.4) is 0 Å². The maximum Gasteiger partial charge on any atom is 0.338 e. The first kappa shape index (κ1) is 18.1. The molecule has 0 aliphatic heterocycles. The van der Waals surface area contributed by atoms with Gasteiger partial charge in [-0.1, -0.05) is 43.3 Å². The molecular weight excluding hydrogens is 324 g/mol. The van der Waals surface area contributed by atoms with E-state index in [1.807, 2.05) is 37.3 Å². The molecule has 2 aromatic carbocycles. The quantitative estimate of drug-likeness (QED) is 0.474. The zero-order chi connectivity index (χ0) is 18.2. The molecule has 7 nitrogen and oxygen atoms in total. The van der Waals surface area contributed by atoms with Gasteiger partial charge < -0.3 is 10.1 Å². The van der Waals surface area contributed by atoms with Gasteiger partial charge in [0.05, 0.1) is 10.5 Å². The van der Waals surface area contributed by atoms with Gasteiger partial charge in [0.1, 0.15) is 0 Å². The molecule has 1 amide bonds. The largest absolute Gasteiger partial charge is 0.452 e. The van der Waals surface area contributed by atoms with Crippen molar-refractivity contribution in [1.82, 2.24) is 5.32 Å². The summed E-state index contributed by atoms with van der Waals surface area (Å²) in [6.07, 6.45) is 0. The van der Waals surface area contributed by atoms with E-state index in [1.54, 1.807) is 0 Å². The van der Waals surface area contributed by atoms with Gasteiger partial charge in [-0.05, 0) is 17.5 Å². The van der Waals surface area contributed by atoms with Gasteiger partial charge in [0.15, 0.2) is 6.61 Å². The van der Waals surface area contributed by atoms with Crippen LogP contribution in [0, 0.1) is 10.1 Å². The average Bonchev–Trinajstić information content (AvgIpc) is 2.64. The lowest BCUT2D eigenvalue weighted by molar-refractivity contribution is -0.384. The molecule has 2 rings (SSSR count). The number of hydrogen-bond donors (Lipinski definition) is 1. The number of nitro groups is 1. The van der Waals surface area contributed by atoms with E-state index in [2.05, 4.69) is 5.32 Å². The van der Waals surface area contributed by atoms with Crippen molar-refractivity contribution in [3.8, 4) is 0 Å². The number of nitro benzene ring substituents is 1. The summed E-state index contributed by atoms with van der Waals surface area (Å²) in [5, 5.41) is 13.4. The normalized spacial score (nSPS) is 11.4. The number of ether oxygens (including phenoxy) is 1. The Morgan fingerprint density at radius 2 is 1.88 bits per heavy atom. The van der Waals surface area contributed by atoms with Gasteiger partial charge in [-0.25, -0.2) is 4.79 Å². The van der Waals surface area contributed by atoms with Crippen LogP contribution in [0.4, 0.5) is 5.69 Å². The molecule has 0 spiro atoms. The molecule has 0 radical (unpaired) electrons. The molecule has 0 aliphatic carbocycles. The molecule has 1 N–H and O–H groups in total. The Balaban J connectivity index is 1.80. The van der Waals surface area contributed by atoms with Gasteiger partial charge in [-0.2, -0.15) is 0 Å².